The molecule has 0 aliphatic heterocycles. The Balaban J connectivity index is 1.77. The number of nitrogens with one attached hydrogen (secondary N) is 1. The van der Waals surface area contributed by atoms with E-state index in [1.165, 1.54) is 10.6 Å². The molecule has 1 amide bonds. The summed E-state index contributed by atoms with van der Waals surface area (Å²) in [6.45, 7) is 0.186. The summed E-state index contributed by atoms with van der Waals surface area (Å²) >= 11 is 5.87. The summed E-state index contributed by atoms with van der Waals surface area (Å²) in [6, 6.07) is 13.9. The smallest absolute Gasteiger partial charge is 0.251 e. The number of carbonyl (C=O) groups excluding carboxylic acids is 1. The van der Waals surface area contributed by atoms with Gasteiger partial charge in [0.25, 0.3) is 5.91 Å². The predicted molar refractivity (Wildman–Crippen MR) is 99.4 cm³/mol. The minimum Gasteiger partial charge on any atom is -0.349 e. The minimum absolute atomic E-state index is 0.0910. The Bertz CT molecular complexity index is 860. The van der Waals surface area contributed by atoms with Crippen molar-refractivity contribution in [2.24, 2.45) is 0 Å². The molecule has 3 rings (SSSR count). The number of benzene rings is 2. The number of carbonyl (C=O) groups is 1. The average Bonchev–Trinajstić information content (AvgIpc) is 3.37. The van der Waals surface area contributed by atoms with Gasteiger partial charge in [0.05, 0.1) is 18.5 Å². The van der Waals surface area contributed by atoms with Crippen molar-refractivity contribution < 1.29 is 13.2 Å². The molecular weight excluding hydrogens is 360 g/mol. The second kappa shape index (κ2) is 7.06. The van der Waals surface area contributed by atoms with Gasteiger partial charge in [-0.05, 0) is 54.8 Å². The monoisotopic (exact) mass is 378 g/mol. The molecule has 5 nitrogen and oxygen atoms in total. The molecule has 1 fully saturated rings. The third kappa shape index (κ3) is 4.74. The first-order chi connectivity index (χ1) is 11.8. The normalized spacial score (nSPS) is 14.2. The van der Waals surface area contributed by atoms with Gasteiger partial charge in [0.1, 0.15) is 0 Å². The van der Waals surface area contributed by atoms with E-state index in [0.29, 0.717) is 22.3 Å². The number of rotatable bonds is 6. The molecule has 0 saturated heterocycles. The van der Waals surface area contributed by atoms with Crippen molar-refractivity contribution in [3.05, 3.63) is 64.7 Å². The van der Waals surface area contributed by atoms with Gasteiger partial charge in [-0.3, -0.25) is 9.10 Å². The molecular formula is C18H19ClN2O3S. The van der Waals surface area contributed by atoms with Crippen LogP contribution >= 0.6 is 11.6 Å². The van der Waals surface area contributed by atoms with Crippen LogP contribution in [0.5, 0.6) is 0 Å². The third-order valence-electron chi connectivity index (χ3n) is 3.97. The van der Waals surface area contributed by atoms with Crippen LogP contribution in [0.25, 0.3) is 0 Å². The lowest BCUT2D eigenvalue weighted by Crippen LogP contribution is -2.29. The topological polar surface area (TPSA) is 66.5 Å². The molecule has 2 aromatic carbocycles. The summed E-state index contributed by atoms with van der Waals surface area (Å²) in [5.74, 6) is -0.0910. The van der Waals surface area contributed by atoms with Crippen LogP contribution in [0.1, 0.15) is 28.8 Å². The predicted octanol–water partition coefficient (Wildman–Crippen LogP) is 3.20. The van der Waals surface area contributed by atoms with Gasteiger partial charge in [0.2, 0.25) is 10.0 Å². The molecule has 0 atom stereocenters. The molecule has 0 unspecified atom stereocenters. The first-order valence-corrected chi connectivity index (χ1v) is 10.2. The molecule has 0 heterocycles. The Hall–Kier alpha value is -2.05. The van der Waals surface area contributed by atoms with E-state index in [9.17, 15) is 13.2 Å². The Kier molecular flexibility index (Phi) is 5.01. The van der Waals surface area contributed by atoms with Crippen molar-refractivity contribution in [3.8, 4) is 0 Å². The maximum Gasteiger partial charge on any atom is 0.251 e. The zero-order valence-corrected chi connectivity index (χ0v) is 15.3. The highest BCUT2D eigenvalue weighted by atomic mass is 35.5. The molecule has 2 aromatic rings. The fourth-order valence-corrected chi connectivity index (χ4v) is 3.45. The number of halogens is 1. The van der Waals surface area contributed by atoms with Gasteiger partial charge in [-0.1, -0.05) is 23.7 Å². The molecule has 0 spiro atoms. The molecule has 0 bridgehead atoms. The number of amides is 1. The first-order valence-electron chi connectivity index (χ1n) is 7.96. The lowest BCUT2D eigenvalue weighted by molar-refractivity contribution is 0.0951. The van der Waals surface area contributed by atoms with Gasteiger partial charge in [-0.2, -0.15) is 0 Å². The molecule has 25 heavy (non-hydrogen) atoms. The van der Waals surface area contributed by atoms with Crippen molar-refractivity contribution in [2.75, 3.05) is 10.6 Å². The van der Waals surface area contributed by atoms with E-state index >= 15 is 0 Å². The molecule has 0 radical (unpaired) electrons. The fourth-order valence-electron chi connectivity index (χ4n) is 2.43. The van der Waals surface area contributed by atoms with Crippen LogP contribution in [0.2, 0.25) is 5.02 Å². The summed E-state index contributed by atoms with van der Waals surface area (Å²) in [6.07, 6.45) is 3.24. The van der Waals surface area contributed by atoms with Crippen LogP contribution in [0.4, 0.5) is 5.69 Å². The van der Waals surface area contributed by atoms with Crippen molar-refractivity contribution in [1.82, 2.24) is 5.32 Å². The van der Waals surface area contributed by atoms with E-state index in [1.54, 1.807) is 48.5 Å². The van der Waals surface area contributed by atoms with Crippen molar-refractivity contribution in [3.63, 3.8) is 0 Å². The SMILES string of the molecule is CS(=O)(=O)N(Cc1ccc(C(=O)NC2CC2)cc1)c1ccc(Cl)cc1. The van der Waals surface area contributed by atoms with Crippen LogP contribution in [0.15, 0.2) is 48.5 Å². The maximum atomic E-state index is 12.2. The maximum absolute atomic E-state index is 12.2. The van der Waals surface area contributed by atoms with Crippen molar-refractivity contribution >= 4 is 33.2 Å². The Labute approximate surface area is 152 Å². The summed E-state index contributed by atoms with van der Waals surface area (Å²) in [7, 11) is -3.45. The van der Waals surface area contributed by atoms with Gasteiger partial charge in [-0.25, -0.2) is 8.42 Å². The summed E-state index contributed by atoms with van der Waals surface area (Å²) in [4.78, 5) is 12.0. The third-order valence-corrected chi connectivity index (χ3v) is 5.36. The molecule has 1 aliphatic carbocycles. The van der Waals surface area contributed by atoms with Gasteiger partial charge < -0.3 is 5.32 Å². The number of anilines is 1. The standard InChI is InChI=1S/C18H19ClN2O3S/c1-25(23,24)21(17-10-6-15(19)7-11-17)12-13-2-4-14(5-3-13)18(22)20-16-8-9-16/h2-7,10-11,16H,8-9,12H2,1H3,(H,20,22). The summed E-state index contributed by atoms with van der Waals surface area (Å²) in [5.41, 5.74) is 1.92. The summed E-state index contributed by atoms with van der Waals surface area (Å²) < 4.78 is 25.6. The van der Waals surface area contributed by atoms with E-state index < -0.39 is 10.0 Å². The number of hydrogen-bond donors (Lipinski definition) is 1. The van der Waals surface area contributed by atoms with Crippen molar-refractivity contribution in [1.29, 1.82) is 0 Å². The lowest BCUT2D eigenvalue weighted by atomic mass is 10.1. The van der Waals surface area contributed by atoms with Crippen LogP contribution in [0.3, 0.4) is 0 Å². The van der Waals surface area contributed by atoms with Crippen LogP contribution in [0, 0.1) is 0 Å². The van der Waals surface area contributed by atoms with E-state index in [1.807, 2.05) is 0 Å². The second-order valence-electron chi connectivity index (χ2n) is 6.19. The number of sulfonamides is 1. The highest BCUT2D eigenvalue weighted by Gasteiger charge is 2.24. The van der Waals surface area contributed by atoms with E-state index in [2.05, 4.69) is 5.32 Å². The molecule has 7 heteroatoms. The highest BCUT2D eigenvalue weighted by Crippen LogP contribution is 2.23. The van der Waals surface area contributed by atoms with Gasteiger partial charge in [-0.15, -0.1) is 0 Å². The Morgan fingerprint density at radius 1 is 1.12 bits per heavy atom. The van der Waals surface area contributed by atoms with E-state index in [0.717, 1.165) is 18.4 Å². The summed E-state index contributed by atoms with van der Waals surface area (Å²) in [5, 5.41) is 3.47. The first kappa shape index (κ1) is 17.8. The van der Waals surface area contributed by atoms with Crippen LogP contribution in [-0.2, 0) is 16.6 Å². The fraction of sp³-hybridized carbons (Fsp3) is 0.278. The number of nitrogens with zero attached hydrogens (tertiary/aromatic N) is 1. The molecule has 1 saturated carbocycles. The largest absolute Gasteiger partial charge is 0.349 e. The Morgan fingerprint density at radius 2 is 1.72 bits per heavy atom. The molecule has 0 aromatic heterocycles. The minimum atomic E-state index is -3.45. The van der Waals surface area contributed by atoms with Gasteiger partial charge >= 0.3 is 0 Å². The lowest BCUT2D eigenvalue weighted by Gasteiger charge is -2.22. The molecule has 132 valence electrons. The zero-order valence-electron chi connectivity index (χ0n) is 13.8. The second-order valence-corrected chi connectivity index (χ2v) is 8.53. The van der Waals surface area contributed by atoms with Crippen LogP contribution in [-0.4, -0.2) is 26.6 Å². The van der Waals surface area contributed by atoms with Crippen molar-refractivity contribution in [2.45, 2.75) is 25.4 Å². The van der Waals surface area contributed by atoms with E-state index in [4.69, 9.17) is 11.6 Å². The Morgan fingerprint density at radius 3 is 2.24 bits per heavy atom. The van der Waals surface area contributed by atoms with E-state index in [-0.39, 0.29) is 12.5 Å². The van der Waals surface area contributed by atoms with Gasteiger partial charge in [0.15, 0.2) is 0 Å². The number of hydrogen-bond acceptors (Lipinski definition) is 3. The average molecular weight is 379 g/mol. The quantitative estimate of drug-likeness (QED) is 0.839. The zero-order chi connectivity index (χ0) is 18.0. The molecule has 1 aliphatic rings. The van der Waals surface area contributed by atoms with Gasteiger partial charge in [0, 0.05) is 16.6 Å². The molecule has 1 N–H and O–H groups in total. The van der Waals surface area contributed by atoms with Crippen LogP contribution < -0.4 is 9.62 Å². The highest BCUT2D eigenvalue weighted by molar-refractivity contribution is 7.92.